The summed E-state index contributed by atoms with van der Waals surface area (Å²) in [5, 5.41) is 2.87. The minimum Gasteiger partial charge on any atom is -0.344 e. The molecule has 3 heterocycles. The molecular formula is C21H35N5O2. The number of fused-ring (bicyclic) bond motifs is 1. The molecular weight excluding hydrogens is 354 g/mol. The molecule has 28 heavy (non-hydrogen) atoms. The molecule has 156 valence electrons. The summed E-state index contributed by atoms with van der Waals surface area (Å²) in [6.45, 7) is 13.7. The summed E-state index contributed by atoms with van der Waals surface area (Å²) in [5.74, 6) is 1.35. The predicted molar refractivity (Wildman–Crippen MR) is 109 cm³/mol. The molecule has 0 aliphatic carbocycles. The van der Waals surface area contributed by atoms with Crippen LogP contribution in [-0.4, -0.2) is 63.9 Å². The number of aromatic nitrogens is 2. The Morgan fingerprint density at radius 1 is 1.14 bits per heavy atom. The monoisotopic (exact) mass is 389 g/mol. The van der Waals surface area contributed by atoms with Crippen molar-refractivity contribution in [2.45, 2.75) is 72.5 Å². The van der Waals surface area contributed by atoms with Crippen molar-refractivity contribution in [3.63, 3.8) is 0 Å². The van der Waals surface area contributed by atoms with Crippen LogP contribution in [0, 0.1) is 12.3 Å². The van der Waals surface area contributed by atoms with Crippen LogP contribution in [0.25, 0.3) is 0 Å². The smallest absolute Gasteiger partial charge is 0.246 e. The molecule has 1 aromatic rings. The number of nitrogens with zero attached hydrogens (tertiary/aromatic N) is 4. The van der Waals surface area contributed by atoms with Crippen LogP contribution in [-0.2, 0) is 22.7 Å². The van der Waals surface area contributed by atoms with Gasteiger partial charge in [0.2, 0.25) is 11.8 Å². The summed E-state index contributed by atoms with van der Waals surface area (Å²) in [6.07, 6.45) is 2.23. The van der Waals surface area contributed by atoms with E-state index in [9.17, 15) is 9.59 Å². The summed E-state index contributed by atoms with van der Waals surface area (Å²) < 4.78 is 2.28. The number of amides is 2. The van der Waals surface area contributed by atoms with Crippen LogP contribution in [0.5, 0.6) is 0 Å². The van der Waals surface area contributed by atoms with Gasteiger partial charge in [0.25, 0.3) is 0 Å². The third-order valence-corrected chi connectivity index (χ3v) is 6.11. The van der Waals surface area contributed by atoms with Crippen LogP contribution in [0.4, 0.5) is 0 Å². The zero-order valence-electron chi connectivity index (χ0n) is 18.2. The lowest BCUT2D eigenvalue weighted by Crippen LogP contribution is -2.55. The van der Waals surface area contributed by atoms with E-state index < -0.39 is 6.04 Å². The zero-order valence-corrected chi connectivity index (χ0v) is 18.2. The van der Waals surface area contributed by atoms with Gasteiger partial charge in [-0.2, -0.15) is 0 Å². The van der Waals surface area contributed by atoms with E-state index in [1.165, 1.54) is 18.3 Å². The summed E-state index contributed by atoms with van der Waals surface area (Å²) >= 11 is 0. The van der Waals surface area contributed by atoms with E-state index in [2.05, 4.69) is 28.8 Å². The molecule has 0 saturated carbocycles. The largest absolute Gasteiger partial charge is 0.344 e. The highest BCUT2D eigenvalue weighted by Crippen LogP contribution is 2.32. The van der Waals surface area contributed by atoms with Crippen molar-refractivity contribution in [2.75, 3.05) is 26.7 Å². The molecule has 1 N–H and O–H groups in total. The van der Waals surface area contributed by atoms with Crippen molar-refractivity contribution in [3.05, 3.63) is 17.2 Å². The van der Waals surface area contributed by atoms with Gasteiger partial charge in [-0.05, 0) is 45.3 Å². The predicted octanol–water partition coefficient (Wildman–Crippen LogP) is 1.89. The first-order chi connectivity index (χ1) is 13.1. The van der Waals surface area contributed by atoms with E-state index in [1.54, 1.807) is 0 Å². The number of imidazole rings is 1. The Hall–Kier alpha value is -1.89. The second-order valence-electron chi connectivity index (χ2n) is 9.48. The number of aryl methyl sites for hydroxylation is 1. The first-order valence-corrected chi connectivity index (χ1v) is 10.4. The van der Waals surface area contributed by atoms with Gasteiger partial charge >= 0.3 is 0 Å². The Morgan fingerprint density at radius 3 is 2.36 bits per heavy atom. The minimum atomic E-state index is -0.521. The van der Waals surface area contributed by atoms with Gasteiger partial charge in [-0.3, -0.25) is 9.59 Å². The molecule has 3 rings (SSSR count). The third-order valence-electron chi connectivity index (χ3n) is 6.11. The molecule has 1 saturated heterocycles. The average Bonchev–Trinajstić information content (AvgIpc) is 2.95. The fraction of sp³-hybridized carbons (Fsp3) is 0.762. The van der Waals surface area contributed by atoms with Gasteiger partial charge in [-0.25, -0.2) is 4.98 Å². The second kappa shape index (κ2) is 7.85. The highest BCUT2D eigenvalue weighted by atomic mass is 16.2. The molecule has 1 aromatic heterocycles. The molecule has 7 heteroatoms. The summed E-state index contributed by atoms with van der Waals surface area (Å²) in [5.41, 5.74) is 2.02. The van der Waals surface area contributed by atoms with Crippen LogP contribution < -0.4 is 5.32 Å². The molecule has 0 bridgehead atoms. The topological polar surface area (TPSA) is 70.5 Å². The molecule has 0 spiro atoms. The quantitative estimate of drug-likeness (QED) is 0.857. The van der Waals surface area contributed by atoms with Gasteiger partial charge in [-0.1, -0.05) is 20.8 Å². The van der Waals surface area contributed by atoms with Crippen molar-refractivity contribution >= 4 is 11.8 Å². The molecule has 1 atom stereocenters. The Bertz CT molecular complexity index is 741. The lowest BCUT2D eigenvalue weighted by Gasteiger charge is -2.37. The fourth-order valence-electron chi connectivity index (χ4n) is 4.41. The van der Waals surface area contributed by atoms with Gasteiger partial charge in [-0.15, -0.1) is 0 Å². The van der Waals surface area contributed by atoms with Crippen LogP contribution in [0.1, 0.15) is 63.7 Å². The number of nitrogens with one attached hydrogen (secondary N) is 1. The maximum absolute atomic E-state index is 13.3. The van der Waals surface area contributed by atoms with E-state index in [0.29, 0.717) is 19.0 Å². The number of hydrogen-bond donors (Lipinski definition) is 1. The van der Waals surface area contributed by atoms with E-state index in [-0.39, 0.29) is 17.2 Å². The average molecular weight is 390 g/mol. The lowest BCUT2D eigenvalue weighted by atomic mass is 9.85. The lowest BCUT2D eigenvalue weighted by molar-refractivity contribution is -0.140. The molecule has 2 amide bonds. The van der Waals surface area contributed by atoms with Gasteiger partial charge < -0.3 is 19.7 Å². The highest BCUT2D eigenvalue weighted by molar-refractivity contribution is 5.87. The van der Waals surface area contributed by atoms with Gasteiger partial charge in [0, 0.05) is 25.9 Å². The Morgan fingerprint density at radius 2 is 1.79 bits per heavy atom. The van der Waals surface area contributed by atoms with Crippen LogP contribution in [0.3, 0.4) is 0 Å². The van der Waals surface area contributed by atoms with E-state index >= 15 is 0 Å². The Labute approximate surface area is 168 Å². The molecule has 0 unspecified atom stereocenters. The van der Waals surface area contributed by atoms with Crippen LogP contribution >= 0.6 is 0 Å². The SMILES string of the molecule is CC(=O)N[C@H](C(=O)N1CCn2c(C)nc(C3CCN(C)CC3)c2C1)C(C)(C)C. The third kappa shape index (κ3) is 4.24. The van der Waals surface area contributed by atoms with Crippen molar-refractivity contribution < 1.29 is 9.59 Å². The van der Waals surface area contributed by atoms with Crippen molar-refractivity contribution in [3.8, 4) is 0 Å². The van der Waals surface area contributed by atoms with E-state index in [4.69, 9.17) is 4.98 Å². The summed E-state index contributed by atoms with van der Waals surface area (Å²) in [4.78, 5) is 34.2. The molecule has 2 aliphatic rings. The van der Waals surface area contributed by atoms with E-state index in [1.807, 2.05) is 25.7 Å². The standard InChI is InChI=1S/C21H35N5O2/c1-14-22-18(16-7-9-24(6)10-8-16)17-13-25(11-12-26(14)17)20(28)19(21(3,4)5)23-15(2)27/h16,19H,7-13H2,1-6H3,(H,23,27)/t19-/m1/s1. The zero-order chi connectivity index (χ0) is 20.6. The number of carbonyl (C=O) groups is 2. The second-order valence-corrected chi connectivity index (χ2v) is 9.48. The molecule has 7 nitrogen and oxygen atoms in total. The molecule has 1 fully saturated rings. The van der Waals surface area contributed by atoms with Gasteiger partial charge in [0.15, 0.2) is 0 Å². The first-order valence-electron chi connectivity index (χ1n) is 10.4. The Kier molecular flexibility index (Phi) is 5.84. The first kappa shape index (κ1) is 20.8. The number of likely N-dealkylation sites (tertiary alicyclic amines) is 1. The molecule has 2 aliphatic heterocycles. The molecule has 0 aromatic carbocycles. The van der Waals surface area contributed by atoms with Crippen LogP contribution in [0.2, 0.25) is 0 Å². The van der Waals surface area contributed by atoms with Crippen molar-refractivity contribution in [1.29, 1.82) is 0 Å². The molecule has 0 radical (unpaired) electrons. The highest BCUT2D eigenvalue weighted by Gasteiger charge is 2.37. The van der Waals surface area contributed by atoms with Crippen LogP contribution in [0.15, 0.2) is 0 Å². The minimum absolute atomic E-state index is 0.00197. The maximum Gasteiger partial charge on any atom is 0.246 e. The summed E-state index contributed by atoms with van der Waals surface area (Å²) in [6, 6.07) is -0.521. The number of rotatable bonds is 3. The fourth-order valence-corrected chi connectivity index (χ4v) is 4.41. The number of piperidine rings is 1. The number of carbonyl (C=O) groups excluding carboxylic acids is 2. The van der Waals surface area contributed by atoms with Crippen molar-refractivity contribution in [2.24, 2.45) is 5.41 Å². The van der Waals surface area contributed by atoms with Gasteiger partial charge in [0.1, 0.15) is 11.9 Å². The maximum atomic E-state index is 13.3. The summed E-state index contributed by atoms with van der Waals surface area (Å²) in [7, 11) is 2.17. The van der Waals surface area contributed by atoms with E-state index in [0.717, 1.165) is 38.3 Å². The number of hydrogen-bond acceptors (Lipinski definition) is 4. The normalized spacial score (nSPS) is 20.0. The van der Waals surface area contributed by atoms with Gasteiger partial charge in [0.05, 0.1) is 17.9 Å². The Balaban J connectivity index is 1.83. The van der Waals surface area contributed by atoms with Crippen molar-refractivity contribution in [1.82, 2.24) is 24.7 Å².